The van der Waals surface area contributed by atoms with E-state index in [1.807, 2.05) is 0 Å². The van der Waals surface area contributed by atoms with Crippen LogP contribution in [0.15, 0.2) is 40.9 Å². The van der Waals surface area contributed by atoms with E-state index in [0.717, 1.165) is 22.2 Å². The standard InChI is InChI=1S/C13H8BrClFNO3/c14-11-5-9(2-1-8(11)7-15)20-10-3-4-13(17(18)19)12(16)6-10/h1-6H,7H2. The highest BCUT2D eigenvalue weighted by Crippen LogP contribution is 2.30. The molecule has 4 nitrogen and oxygen atoms in total. The summed E-state index contributed by atoms with van der Waals surface area (Å²) in [5.41, 5.74) is 0.310. The Morgan fingerprint density at radius 2 is 1.90 bits per heavy atom. The van der Waals surface area contributed by atoms with Crippen LogP contribution in [0.5, 0.6) is 11.5 Å². The van der Waals surface area contributed by atoms with E-state index in [-0.39, 0.29) is 5.75 Å². The normalized spacial score (nSPS) is 10.3. The Hall–Kier alpha value is -1.66. The third-order valence-electron chi connectivity index (χ3n) is 2.52. The summed E-state index contributed by atoms with van der Waals surface area (Å²) in [4.78, 5) is 9.73. The van der Waals surface area contributed by atoms with Gasteiger partial charge in [-0.05, 0) is 23.8 Å². The molecule has 0 saturated heterocycles. The minimum Gasteiger partial charge on any atom is -0.457 e. The van der Waals surface area contributed by atoms with Crippen LogP contribution < -0.4 is 4.74 Å². The lowest BCUT2D eigenvalue weighted by molar-refractivity contribution is -0.387. The molecule has 20 heavy (non-hydrogen) atoms. The first-order valence-corrected chi connectivity index (χ1v) is 6.80. The average molecular weight is 361 g/mol. The van der Waals surface area contributed by atoms with Crippen LogP contribution in [-0.4, -0.2) is 4.92 Å². The zero-order valence-corrected chi connectivity index (χ0v) is 12.3. The molecule has 2 aromatic rings. The van der Waals surface area contributed by atoms with E-state index < -0.39 is 16.4 Å². The van der Waals surface area contributed by atoms with Gasteiger partial charge in [-0.15, -0.1) is 11.6 Å². The van der Waals surface area contributed by atoms with Crippen LogP contribution in [0.25, 0.3) is 0 Å². The molecule has 0 bridgehead atoms. The van der Waals surface area contributed by atoms with Crippen LogP contribution in [0.3, 0.4) is 0 Å². The summed E-state index contributed by atoms with van der Waals surface area (Å²) >= 11 is 9.07. The van der Waals surface area contributed by atoms with Crippen LogP contribution in [0.4, 0.5) is 10.1 Å². The van der Waals surface area contributed by atoms with E-state index in [2.05, 4.69) is 15.9 Å². The highest BCUT2D eigenvalue weighted by Gasteiger charge is 2.14. The molecule has 104 valence electrons. The number of hydrogen-bond donors (Lipinski definition) is 0. The van der Waals surface area contributed by atoms with Gasteiger partial charge in [0.15, 0.2) is 0 Å². The Kier molecular flexibility index (Phi) is 4.57. The molecule has 7 heteroatoms. The highest BCUT2D eigenvalue weighted by molar-refractivity contribution is 9.10. The number of ether oxygens (including phenoxy) is 1. The van der Waals surface area contributed by atoms with Crippen LogP contribution >= 0.6 is 27.5 Å². The van der Waals surface area contributed by atoms with Crippen molar-refractivity contribution in [2.75, 3.05) is 0 Å². The molecule has 0 heterocycles. The van der Waals surface area contributed by atoms with Gasteiger partial charge >= 0.3 is 5.69 Å². The summed E-state index contributed by atoms with van der Waals surface area (Å²) in [6, 6.07) is 8.52. The van der Waals surface area contributed by atoms with Crippen molar-refractivity contribution in [3.05, 3.63) is 62.4 Å². The van der Waals surface area contributed by atoms with Crippen molar-refractivity contribution < 1.29 is 14.1 Å². The summed E-state index contributed by atoms with van der Waals surface area (Å²) < 4.78 is 19.7. The molecule has 0 N–H and O–H groups in total. The summed E-state index contributed by atoms with van der Waals surface area (Å²) in [7, 11) is 0. The molecular formula is C13H8BrClFNO3. The minimum absolute atomic E-state index is 0.179. The van der Waals surface area contributed by atoms with E-state index in [4.69, 9.17) is 16.3 Å². The molecule has 0 aliphatic heterocycles. The fourth-order valence-electron chi connectivity index (χ4n) is 1.54. The predicted molar refractivity (Wildman–Crippen MR) is 76.8 cm³/mol. The summed E-state index contributed by atoms with van der Waals surface area (Å²) in [5, 5.41) is 10.5. The molecule has 0 amide bonds. The number of nitro benzene ring substituents is 1. The molecule has 0 fully saturated rings. The Balaban J connectivity index is 2.24. The van der Waals surface area contributed by atoms with E-state index in [1.165, 1.54) is 6.07 Å². The molecule has 0 aromatic heterocycles. The third-order valence-corrected chi connectivity index (χ3v) is 3.55. The first kappa shape index (κ1) is 14.7. The number of nitrogens with zero attached hydrogens (tertiary/aromatic N) is 1. The number of rotatable bonds is 4. The van der Waals surface area contributed by atoms with Crippen molar-refractivity contribution in [1.29, 1.82) is 0 Å². The molecule has 0 aliphatic rings. The smallest absolute Gasteiger partial charge is 0.305 e. The van der Waals surface area contributed by atoms with E-state index >= 15 is 0 Å². The number of benzene rings is 2. The van der Waals surface area contributed by atoms with Gasteiger partial charge in [0, 0.05) is 22.5 Å². The Morgan fingerprint density at radius 1 is 1.25 bits per heavy atom. The zero-order chi connectivity index (χ0) is 14.7. The molecule has 2 rings (SSSR count). The van der Waals surface area contributed by atoms with Crippen molar-refractivity contribution in [3.63, 3.8) is 0 Å². The van der Waals surface area contributed by atoms with E-state index in [0.29, 0.717) is 11.6 Å². The van der Waals surface area contributed by atoms with Gasteiger partial charge in [-0.3, -0.25) is 10.1 Å². The molecule has 2 aromatic carbocycles. The largest absolute Gasteiger partial charge is 0.457 e. The van der Waals surface area contributed by atoms with Gasteiger partial charge in [0.2, 0.25) is 5.82 Å². The second kappa shape index (κ2) is 6.19. The summed E-state index contributed by atoms with van der Waals surface area (Å²) in [5.74, 6) is 0.0640. The van der Waals surface area contributed by atoms with E-state index in [1.54, 1.807) is 18.2 Å². The molecule has 0 radical (unpaired) electrons. The van der Waals surface area contributed by atoms with Crippen molar-refractivity contribution in [2.45, 2.75) is 5.88 Å². The zero-order valence-electron chi connectivity index (χ0n) is 9.98. The van der Waals surface area contributed by atoms with Gasteiger partial charge in [-0.25, -0.2) is 0 Å². The van der Waals surface area contributed by atoms with E-state index in [9.17, 15) is 14.5 Å². The van der Waals surface area contributed by atoms with Gasteiger partial charge in [-0.2, -0.15) is 4.39 Å². The van der Waals surface area contributed by atoms with Crippen molar-refractivity contribution in [3.8, 4) is 11.5 Å². The molecule has 0 unspecified atom stereocenters. The van der Waals surface area contributed by atoms with Crippen LogP contribution in [-0.2, 0) is 5.88 Å². The fourth-order valence-corrected chi connectivity index (χ4v) is 2.43. The summed E-state index contributed by atoms with van der Waals surface area (Å²) in [6.45, 7) is 0. The second-order valence-electron chi connectivity index (χ2n) is 3.86. The first-order valence-electron chi connectivity index (χ1n) is 5.47. The molecule has 0 atom stereocenters. The number of alkyl halides is 1. The van der Waals surface area contributed by atoms with Gasteiger partial charge in [0.25, 0.3) is 0 Å². The van der Waals surface area contributed by atoms with Gasteiger partial charge < -0.3 is 4.74 Å². The number of nitro groups is 1. The Bertz CT molecular complexity index is 666. The van der Waals surface area contributed by atoms with Crippen molar-refractivity contribution in [1.82, 2.24) is 0 Å². The lowest BCUT2D eigenvalue weighted by atomic mass is 10.2. The molecule has 0 aliphatic carbocycles. The molecular weight excluding hydrogens is 353 g/mol. The van der Waals surface area contributed by atoms with Crippen molar-refractivity contribution in [2.24, 2.45) is 0 Å². The van der Waals surface area contributed by atoms with Crippen LogP contribution in [0.2, 0.25) is 0 Å². The topological polar surface area (TPSA) is 52.4 Å². The quantitative estimate of drug-likeness (QED) is 0.436. The summed E-state index contributed by atoms with van der Waals surface area (Å²) in [6.07, 6.45) is 0. The fraction of sp³-hybridized carbons (Fsp3) is 0.0769. The Morgan fingerprint density at radius 3 is 2.45 bits per heavy atom. The highest BCUT2D eigenvalue weighted by atomic mass is 79.9. The minimum atomic E-state index is -0.941. The molecule has 0 saturated carbocycles. The van der Waals surface area contributed by atoms with Crippen LogP contribution in [0, 0.1) is 15.9 Å². The maximum absolute atomic E-state index is 13.5. The van der Waals surface area contributed by atoms with Gasteiger partial charge in [0.05, 0.1) is 4.92 Å². The number of hydrogen-bond acceptors (Lipinski definition) is 3. The van der Waals surface area contributed by atoms with Crippen LogP contribution in [0.1, 0.15) is 5.56 Å². The van der Waals surface area contributed by atoms with Crippen molar-refractivity contribution >= 4 is 33.2 Å². The monoisotopic (exact) mass is 359 g/mol. The SMILES string of the molecule is O=[N+]([O-])c1ccc(Oc2ccc(CCl)c(Br)c2)cc1F. The maximum atomic E-state index is 13.5. The van der Waals surface area contributed by atoms with Gasteiger partial charge in [-0.1, -0.05) is 22.0 Å². The Labute approximate surface area is 127 Å². The lowest BCUT2D eigenvalue weighted by Gasteiger charge is -2.08. The average Bonchev–Trinajstić information content (AvgIpc) is 2.38. The van der Waals surface area contributed by atoms with Gasteiger partial charge in [0.1, 0.15) is 11.5 Å². The maximum Gasteiger partial charge on any atom is 0.305 e. The third kappa shape index (κ3) is 3.26. The lowest BCUT2D eigenvalue weighted by Crippen LogP contribution is -1.93. The first-order chi connectivity index (χ1) is 9.51. The molecule has 0 spiro atoms. The second-order valence-corrected chi connectivity index (χ2v) is 4.98. The number of halogens is 3. The predicted octanol–water partition coefficient (Wildman–Crippen LogP) is 5.03.